The van der Waals surface area contributed by atoms with Crippen LogP contribution < -0.4 is 10.7 Å². The summed E-state index contributed by atoms with van der Waals surface area (Å²) in [4.78, 5) is 23.3. The van der Waals surface area contributed by atoms with Gasteiger partial charge in [-0.25, -0.2) is 5.43 Å². The monoisotopic (exact) mass is 325 g/mol. The van der Waals surface area contributed by atoms with E-state index in [0.29, 0.717) is 6.54 Å². The Morgan fingerprint density at radius 2 is 1.62 bits per heavy atom. The third-order valence-electron chi connectivity index (χ3n) is 3.21. The van der Waals surface area contributed by atoms with Gasteiger partial charge in [-0.05, 0) is 35.4 Å². The Kier molecular flexibility index (Phi) is 6.52. The van der Waals surface area contributed by atoms with Gasteiger partial charge in [0.1, 0.15) is 5.75 Å². The molecule has 0 aliphatic rings. The SMILES string of the molecule is O=C(CCC(=O)NN=Cc1ccc(O)cc1)NCc1ccccc1. The van der Waals surface area contributed by atoms with Crippen molar-refractivity contribution in [3.05, 3.63) is 65.7 Å². The first-order valence-corrected chi connectivity index (χ1v) is 7.55. The highest BCUT2D eigenvalue weighted by atomic mass is 16.3. The standard InChI is InChI=1S/C18H19N3O3/c22-16-8-6-15(7-9-16)13-20-21-18(24)11-10-17(23)19-12-14-4-2-1-3-5-14/h1-9,13,22H,10-12H2,(H,19,23)(H,21,24). The number of rotatable bonds is 7. The molecule has 2 aromatic carbocycles. The number of carbonyl (C=O) groups is 2. The summed E-state index contributed by atoms with van der Waals surface area (Å²) in [6.07, 6.45) is 1.63. The number of nitrogens with zero attached hydrogens (tertiary/aromatic N) is 1. The Morgan fingerprint density at radius 3 is 2.33 bits per heavy atom. The first kappa shape index (κ1) is 17.2. The number of benzene rings is 2. The van der Waals surface area contributed by atoms with Gasteiger partial charge in [0, 0.05) is 19.4 Å². The highest BCUT2D eigenvalue weighted by Crippen LogP contribution is 2.07. The van der Waals surface area contributed by atoms with Crippen LogP contribution in [0.5, 0.6) is 5.75 Å². The summed E-state index contributed by atoms with van der Waals surface area (Å²) in [5, 5.41) is 15.7. The fourth-order valence-corrected chi connectivity index (χ4v) is 1.91. The predicted molar refractivity (Wildman–Crippen MR) is 91.4 cm³/mol. The average molecular weight is 325 g/mol. The molecule has 6 heteroatoms. The van der Waals surface area contributed by atoms with Crippen LogP contribution in [-0.4, -0.2) is 23.1 Å². The quantitative estimate of drug-likeness (QED) is 0.537. The van der Waals surface area contributed by atoms with E-state index in [9.17, 15) is 9.59 Å². The van der Waals surface area contributed by atoms with Crippen LogP contribution in [0, 0.1) is 0 Å². The zero-order chi connectivity index (χ0) is 17.2. The van der Waals surface area contributed by atoms with Gasteiger partial charge in [-0.15, -0.1) is 0 Å². The molecule has 0 aliphatic heterocycles. The maximum absolute atomic E-state index is 11.7. The lowest BCUT2D eigenvalue weighted by Gasteiger charge is -2.04. The summed E-state index contributed by atoms with van der Waals surface area (Å²) >= 11 is 0. The highest BCUT2D eigenvalue weighted by molar-refractivity contribution is 5.85. The molecule has 0 aliphatic carbocycles. The van der Waals surface area contributed by atoms with Gasteiger partial charge in [0.25, 0.3) is 0 Å². The van der Waals surface area contributed by atoms with Crippen molar-refractivity contribution in [3.8, 4) is 5.75 Å². The maximum atomic E-state index is 11.7. The van der Waals surface area contributed by atoms with E-state index in [0.717, 1.165) is 11.1 Å². The Bertz CT molecular complexity index is 697. The van der Waals surface area contributed by atoms with E-state index in [1.807, 2.05) is 30.3 Å². The van der Waals surface area contributed by atoms with Crippen LogP contribution in [0.25, 0.3) is 0 Å². The minimum Gasteiger partial charge on any atom is -0.508 e. The van der Waals surface area contributed by atoms with E-state index in [1.54, 1.807) is 12.1 Å². The second-order valence-corrected chi connectivity index (χ2v) is 5.15. The number of hydrazone groups is 1. The van der Waals surface area contributed by atoms with E-state index in [2.05, 4.69) is 15.8 Å². The number of nitrogens with one attached hydrogen (secondary N) is 2. The summed E-state index contributed by atoms with van der Waals surface area (Å²) in [5.41, 5.74) is 4.12. The van der Waals surface area contributed by atoms with E-state index in [1.165, 1.54) is 18.3 Å². The Labute approximate surface area is 140 Å². The molecule has 0 saturated heterocycles. The van der Waals surface area contributed by atoms with Gasteiger partial charge in [0.2, 0.25) is 11.8 Å². The van der Waals surface area contributed by atoms with Gasteiger partial charge in [0.15, 0.2) is 0 Å². The van der Waals surface area contributed by atoms with Gasteiger partial charge in [-0.1, -0.05) is 30.3 Å². The number of phenols is 1. The molecule has 124 valence electrons. The van der Waals surface area contributed by atoms with Gasteiger partial charge in [-0.2, -0.15) is 5.10 Å². The molecular formula is C18H19N3O3. The molecule has 0 bridgehead atoms. The first-order chi connectivity index (χ1) is 11.6. The van der Waals surface area contributed by atoms with Gasteiger partial charge < -0.3 is 10.4 Å². The molecule has 0 fully saturated rings. The lowest BCUT2D eigenvalue weighted by Crippen LogP contribution is -2.25. The van der Waals surface area contributed by atoms with Gasteiger partial charge >= 0.3 is 0 Å². The summed E-state index contributed by atoms with van der Waals surface area (Å²) < 4.78 is 0. The molecule has 0 unspecified atom stereocenters. The molecule has 0 heterocycles. The second kappa shape index (κ2) is 9.09. The fourth-order valence-electron chi connectivity index (χ4n) is 1.91. The number of aromatic hydroxyl groups is 1. The lowest BCUT2D eigenvalue weighted by molar-refractivity contribution is -0.126. The molecule has 6 nitrogen and oxygen atoms in total. The molecule has 0 spiro atoms. The van der Waals surface area contributed by atoms with Crippen LogP contribution >= 0.6 is 0 Å². The molecule has 0 atom stereocenters. The fraction of sp³-hybridized carbons (Fsp3) is 0.167. The second-order valence-electron chi connectivity index (χ2n) is 5.15. The molecule has 2 aromatic rings. The number of amides is 2. The lowest BCUT2D eigenvalue weighted by atomic mass is 10.2. The minimum atomic E-state index is -0.333. The molecule has 24 heavy (non-hydrogen) atoms. The van der Waals surface area contributed by atoms with E-state index < -0.39 is 0 Å². The molecule has 2 rings (SSSR count). The summed E-state index contributed by atoms with van der Waals surface area (Å²) in [5.74, 6) is -0.353. The first-order valence-electron chi connectivity index (χ1n) is 7.55. The van der Waals surface area contributed by atoms with E-state index in [-0.39, 0.29) is 30.4 Å². The molecule has 2 amide bonds. The van der Waals surface area contributed by atoms with E-state index in [4.69, 9.17) is 5.11 Å². The Morgan fingerprint density at radius 1 is 0.958 bits per heavy atom. The molecular weight excluding hydrogens is 306 g/mol. The van der Waals surface area contributed by atoms with Gasteiger partial charge in [-0.3, -0.25) is 9.59 Å². The van der Waals surface area contributed by atoms with Gasteiger partial charge in [0.05, 0.1) is 6.21 Å². The summed E-state index contributed by atoms with van der Waals surface area (Å²) in [6, 6.07) is 16.0. The minimum absolute atomic E-state index is 0.0630. The topological polar surface area (TPSA) is 90.8 Å². The zero-order valence-corrected chi connectivity index (χ0v) is 13.1. The van der Waals surface area contributed by atoms with Crippen molar-refractivity contribution in [2.24, 2.45) is 5.10 Å². The summed E-state index contributed by atoms with van der Waals surface area (Å²) in [7, 11) is 0. The van der Waals surface area contributed by atoms with Crippen molar-refractivity contribution in [2.75, 3.05) is 0 Å². The third kappa shape index (κ3) is 6.31. The largest absolute Gasteiger partial charge is 0.508 e. The molecule has 0 radical (unpaired) electrons. The number of carbonyl (C=O) groups excluding carboxylic acids is 2. The maximum Gasteiger partial charge on any atom is 0.240 e. The van der Waals surface area contributed by atoms with Crippen LogP contribution in [-0.2, 0) is 16.1 Å². The molecule has 0 aromatic heterocycles. The van der Waals surface area contributed by atoms with Crippen LogP contribution in [0.3, 0.4) is 0 Å². The molecule has 0 saturated carbocycles. The van der Waals surface area contributed by atoms with Crippen LogP contribution in [0.2, 0.25) is 0 Å². The van der Waals surface area contributed by atoms with Crippen molar-refractivity contribution in [1.82, 2.24) is 10.7 Å². The van der Waals surface area contributed by atoms with Crippen molar-refractivity contribution < 1.29 is 14.7 Å². The van der Waals surface area contributed by atoms with Crippen molar-refractivity contribution >= 4 is 18.0 Å². The average Bonchev–Trinajstić information content (AvgIpc) is 2.61. The van der Waals surface area contributed by atoms with Crippen LogP contribution in [0.4, 0.5) is 0 Å². The normalized spacial score (nSPS) is 10.5. The Balaban J connectivity index is 1.65. The third-order valence-corrected chi connectivity index (χ3v) is 3.21. The number of phenolic OH excluding ortho intramolecular Hbond substituents is 1. The zero-order valence-electron chi connectivity index (χ0n) is 13.1. The highest BCUT2D eigenvalue weighted by Gasteiger charge is 2.06. The number of hydrogen-bond donors (Lipinski definition) is 3. The predicted octanol–water partition coefficient (Wildman–Crippen LogP) is 1.94. The Hall–Kier alpha value is -3.15. The van der Waals surface area contributed by atoms with Crippen molar-refractivity contribution in [2.45, 2.75) is 19.4 Å². The molecule has 3 N–H and O–H groups in total. The van der Waals surface area contributed by atoms with Crippen molar-refractivity contribution in [3.63, 3.8) is 0 Å². The van der Waals surface area contributed by atoms with Crippen LogP contribution in [0.15, 0.2) is 59.7 Å². The smallest absolute Gasteiger partial charge is 0.240 e. The van der Waals surface area contributed by atoms with E-state index >= 15 is 0 Å². The van der Waals surface area contributed by atoms with Crippen LogP contribution in [0.1, 0.15) is 24.0 Å². The summed E-state index contributed by atoms with van der Waals surface area (Å²) in [6.45, 7) is 0.445. The number of hydrogen-bond acceptors (Lipinski definition) is 4. The van der Waals surface area contributed by atoms with Crippen molar-refractivity contribution in [1.29, 1.82) is 0 Å².